The number of nitrogens with zero attached hydrogens (tertiary/aromatic N) is 1. The smallest absolute Gasteiger partial charge is 0.213 e. The van der Waals surface area contributed by atoms with E-state index in [2.05, 4.69) is 20.3 Å². The van der Waals surface area contributed by atoms with Gasteiger partial charge in [-0.05, 0) is 50.5 Å². The van der Waals surface area contributed by atoms with Gasteiger partial charge in [0.1, 0.15) is 17.7 Å². The van der Waals surface area contributed by atoms with Crippen LogP contribution in [0.4, 0.5) is 4.39 Å². The van der Waals surface area contributed by atoms with E-state index in [9.17, 15) is 12.8 Å². The second kappa shape index (κ2) is 14.0. The summed E-state index contributed by atoms with van der Waals surface area (Å²) in [6, 6.07) is 5.81. The van der Waals surface area contributed by atoms with Gasteiger partial charge < -0.3 is 20.1 Å². The maximum Gasteiger partial charge on any atom is 0.213 e. The number of sulfonamides is 1. The molecule has 30 heavy (non-hydrogen) atoms. The fourth-order valence-corrected chi connectivity index (χ4v) is 3.77. The van der Waals surface area contributed by atoms with Crippen molar-refractivity contribution in [2.24, 2.45) is 4.99 Å². The van der Waals surface area contributed by atoms with Gasteiger partial charge in [0.05, 0.1) is 18.4 Å². The minimum atomic E-state index is -3.39. The molecule has 0 saturated carbocycles. The fourth-order valence-electron chi connectivity index (χ4n) is 2.81. The highest BCUT2D eigenvalue weighted by atomic mass is 127. The zero-order valence-electron chi connectivity index (χ0n) is 17.4. The fraction of sp³-hybridized carbons (Fsp3) is 0.632. The van der Waals surface area contributed by atoms with Crippen LogP contribution in [0.2, 0.25) is 0 Å². The van der Waals surface area contributed by atoms with Gasteiger partial charge in [0.2, 0.25) is 10.0 Å². The molecule has 1 heterocycles. The Kier molecular flexibility index (Phi) is 12.5. The van der Waals surface area contributed by atoms with Gasteiger partial charge in [-0.1, -0.05) is 0 Å². The Morgan fingerprint density at radius 3 is 2.67 bits per heavy atom. The molecule has 2 atom stereocenters. The maximum atomic E-state index is 12.9. The summed E-state index contributed by atoms with van der Waals surface area (Å²) in [7, 11) is -1.79. The van der Waals surface area contributed by atoms with E-state index < -0.39 is 10.0 Å². The van der Waals surface area contributed by atoms with Crippen molar-refractivity contribution >= 4 is 40.0 Å². The van der Waals surface area contributed by atoms with E-state index in [0.717, 1.165) is 19.3 Å². The van der Waals surface area contributed by atoms with E-state index >= 15 is 0 Å². The summed E-state index contributed by atoms with van der Waals surface area (Å²) in [5.41, 5.74) is 0. The molecule has 2 rings (SSSR count). The topological polar surface area (TPSA) is 101 Å². The lowest BCUT2D eigenvalue weighted by Gasteiger charge is -2.22. The molecule has 0 bridgehead atoms. The third-order valence-electron chi connectivity index (χ3n) is 4.40. The number of hydrogen-bond donors (Lipinski definition) is 3. The maximum absolute atomic E-state index is 12.9. The molecule has 172 valence electrons. The van der Waals surface area contributed by atoms with Crippen LogP contribution in [0.5, 0.6) is 5.75 Å². The Morgan fingerprint density at radius 1 is 1.30 bits per heavy atom. The van der Waals surface area contributed by atoms with Crippen LogP contribution in [-0.2, 0) is 14.8 Å². The molecule has 1 aliphatic heterocycles. The molecule has 0 amide bonds. The molecular weight excluding hydrogens is 526 g/mol. The van der Waals surface area contributed by atoms with Crippen LogP contribution in [0.3, 0.4) is 0 Å². The SMILES string of the molecule is CN=C(NCCS(=O)(=O)NCC1CCCCO1)NCC(C)Oc1ccc(F)cc1.I. The number of rotatable bonds is 10. The van der Waals surface area contributed by atoms with Crippen molar-refractivity contribution in [1.82, 2.24) is 15.4 Å². The molecule has 1 fully saturated rings. The normalized spacial score (nSPS) is 18.2. The summed E-state index contributed by atoms with van der Waals surface area (Å²) in [6.45, 7) is 3.53. The lowest BCUT2D eigenvalue weighted by molar-refractivity contribution is 0.0200. The molecular formula is C19H32FIN4O4S. The summed E-state index contributed by atoms with van der Waals surface area (Å²) in [5.74, 6) is 0.666. The first-order valence-electron chi connectivity index (χ1n) is 9.83. The highest BCUT2D eigenvalue weighted by molar-refractivity contribution is 14.0. The summed E-state index contributed by atoms with van der Waals surface area (Å²) >= 11 is 0. The average molecular weight is 558 g/mol. The molecule has 1 aromatic carbocycles. The highest BCUT2D eigenvalue weighted by Crippen LogP contribution is 2.13. The predicted octanol–water partition coefficient (Wildman–Crippen LogP) is 1.86. The molecule has 3 N–H and O–H groups in total. The van der Waals surface area contributed by atoms with Gasteiger partial charge in [0.25, 0.3) is 0 Å². The average Bonchev–Trinajstić information content (AvgIpc) is 2.71. The van der Waals surface area contributed by atoms with Gasteiger partial charge in [-0.3, -0.25) is 4.99 Å². The number of guanidine groups is 1. The van der Waals surface area contributed by atoms with Crippen molar-refractivity contribution in [2.75, 3.05) is 39.0 Å². The van der Waals surface area contributed by atoms with Gasteiger partial charge in [0, 0.05) is 26.7 Å². The van der Waals surface area contributed by atoms with Crippen LogP contribution in [0.15, 0.2) is 29.3 Å². The number of halogens is 2. The minimum Gasteiger partial charge on any atom is -0.489 e. The Bertz CT molecular complexity index is 743. The Labute approximate surface area is 195 Å². The van der Waals surface area contributed by atoms with Crippen LogP contribution < -0.4 is 20.1 Å². The molecule has 1 aliphatic rings. The van der Waals surface area contributed by atoms with Crippen molar-refractivity contribution in [3.05, 3.63) is 30.1 Å². The standard InChI is InChI=1S/C19H31FN4O4S.HI/c1-15(28-17-8-6-16(20)7-9-17)13-23-19(21-2)22-10-12-29(25,26)24-14-18-5-3-4-11-27-18;/h6-9,15,18,24H,3-5,10-14H2,1-2H3,(H2,21,22,23);1H. The van der Waals surface area contributed by atoms with E-state index in [4.69, 9.17) is 9.47 Å². The zero-order valence-corrected chi connectivity index (χ0v) is 20.5. The van der Waals surface area contributed by atoms with Gasteiger partial charge in [0.15, 0.2) is 5.96 Å². The monoisotopic (exact) mass is 558 g/mol. The molecule has 0 spiro atoms. The van der Waals surface area contributed by atoms with Crippen molar-refractivity contribution < 1.29 is 22.3 Å². The molecule has 0 aromatic heterocycles. The minimum absolute atomic E-state index is 0. The van der Waals surface area contributed by atoms with E-state index in [-0.39, 0.29) is 54.3 Å². The first-order chi connectivity index (χ1) is 13.9. The van der Waals surface area contributed by atoms with E-state index in [1.54, 1.807) is 19.2 Å². The molecule has 11 heteroatoms. The Hall–Kier alpha value is -1.18. The Balaban J connectivity index is 0.00000450. The summed E-state index contributed by atoms with van der Waals surface area (Å²) in [6.07, 6.45) is 2.75. The summed E-state index contributed by atoms with van der Waals surface area (Å²) < 4.78 is 51.0. The number of hydrogen-bond acceptors (Lipinski definition) is 5. The third kappa shape index (κ3) is 10.7. The second-order valence-corrected chi connectivity index (χ2v) is 8.84. The Morgan fingerprint density at radius 2 is 2.03 bits per heavy atom. The third-order valence-corrected chi connectivity index (χ3v) is 5.75. The van der Waals surface area contributed by atoms with Gasteiger partial charge in [-0.15, -0.1) is 24.0 Å². The van der Waals surface area contributed by atoms with E-state index in [1.807, 2.05) is 6.92 Å². The van der Waals surface area contributed by atoms with Crippen LogP contribution in [0.1, 0.15) is 26.2 Å². The largest absolute Gasteiger partial charge is 0.489 e. The molecule has 1 saturated heterocycles. The molecule has 0 aliphatic carbocycles. The van der Waals surface area contributed by atoms with Gasteiger partial charge in [-0.25, -0.2) is 17.5 Å². The van der Waals surface area contributed by atoms with Crippen LogP contribution in [0, 0.1) is 5.82 Å². The van der Waals surface area contributed by atoms with E-state index in [1.165, 1.54) is 12.1 Å². The van der Waals surface area contributed by atoms with Gasteiger partial charge >= 0.3 is 0 Å². The first-order valence-corrected chi connectivity index (χ1v) is 11.5. The molecule has 2 unspecified atom stereocenters. The van der Waals surface area contributed by atoms with Crippen molar-refractivity contribution in [2.45, 2.75) is 38.4 Å². The molecule has 8 nitrogen and oxygen atoms in total. The lowest BCUT2D eigenvalue weighted by atomic mass is 10.1. The van der Waals surface area contributed by atoms with Crippen LogP contribution in [-0.4, -0.2) is 65.6 Å². The highest BCUT2D eigenvalue weighted by Gasteiger charge is 2.17. The zero-order chi connectivity index (χ0) is 21.1. The summed E-state index contributed by atoms with van der Waals surface area (Å²) in [4.78, 5) is 4.07. The number of nitrogens with one attached hydrogen (secondary N) is 3. The quantitative estimate of drug-likeness (QED) is 0.230. The number of aliphatic imine (C=N–C) groups is 1. The predicted molar refractivity (Wildman–Crippen MR) is 127 cm³/mol. The first kappa shape index (κ1) is 26.9. The summed E-state index contributed by atoms with van der Waals surface area (Å²) in [5, 5.41) is 6.05. The van der Waals surface area contributed by atoms with Crippen molar-refractivity contribution in [3.63, 3.8) is 0 Å². The molecule has 0 radical (unpaired) electrons. The van der Waals surface area contributed by atoms with Crippen molar-refractivity contribution in [3.8, 4) is 5.75 Å². The van der Waals surface area contributed by atoms with Gasteiger partial charge in [-0.2, -0.15) is 0 Å². The van der Waals surface area contributed by atoms with Crippen LogP contribution in [0.25, 0.3) is 0 Å². The van der Waals surface area contributed by atoms with E-state index in [0.29, 0.717) is 31.4 Å². The van der Waals surface area contributed by atoms with Crippen molar-refractivity contribution in [1.29, 1.82) is 0 Å². The lowest BCUT2D eigenvalue weighted by Crippen LogP contribution is -2.44. The molecule has 1 aromatic rings. The van der Waals surface area contributed by atoms with Crippen LogP contribution >= 0.6 is 24.0 Å². The second-order valence-electron chi connectivity index (χ2n) is 6.92. The number of ether oxygens (including phenoxy) is 2. The number of benzene rings is 1.